The van der Waals surface area contributed by atoms with Crippen molar-refractivity contribution in [3.63, 3.8) is 0 Å². The second kappa shape index (κ2) is 3.15. The lowest BCUT2D eigenvalue weighted by Gasteiger charge is -1.76. The predicted octanol–water partition coefficient (Wildman–Crippen LogP) is 1.00. The van der Waals surface area contributed by atoms with E-state index in [1.807, 2.05) is 0 Å². The topological polar surface area (TPSA) is 46.5 Å². The number of carbonyl (C=O) groups is 1. The van der Waals surface area contributed by atoms with Gasteiger partial charge in [-0.05, 0) is 11.8 Å². The highest BCUT2D eigenvalue weighted by molar-refractivity contribution is 8.03. The molecule has 3 nitrogen and oxygen atoms in total. The molecule has 0 radical (unpaired) electrons. The molecule has 0 saturated heterocycles. The summed E-state index contributed by atoms with van der Waals surface area (Å²) in [7, 11) is 0.000386. The predicted molar refractivity (Wildman–Crippen MR) is 23.4 cm³/mol. The third-order valence-electron chi connectivity index (χ3n) is 0.153. The molecule has 6 heavy (non-hydrogen) atoms. The molecule has 0 aliphatic carbocycles. The molecule has 0 amide bonds. The van der Waals surface area contributed by atoms with Crippen LogP contribution in [-0.4, -0.2) is 11.0 Å². The van der Waals surface area contributed by atoms with Crippen LogP contribution in [0.2, 0.25) is 0 Å². The van der Waals surface area contributed by atoms with Crippen LogP contribution >= 0.6 is 7.36 Å². The number of hydrogen-bond acceptors (Lipinski definition) is 4. The SMILES string of the molecule is O=C(OO)P=S. The largest absolute Gasteiger partial charge is 0.400 e. The maximum absolute atomic E-state index is 9.59. The van der Waals surface area contributed by atoms with E-state index in [1.165, 1.54) is 0 Å². The quantitative estimate of drug-likeness (QED) is 0.322. The standard InChI is InChI=1S/CHO3PS/c2-1(4-3)5-6/h3H. The Hall–Kier alpha value is -0.0500. The molecule has 1 N–H and O–H groups in total. The highest BCUT2D eigenvalue weighted by Crippen LogP contribution is 1.94. The van der Waals surface area contributed by atoms with Crippen LogP contribution in [0, 0.1) is 0 Å². The normalized spacial score (nSPS) is 8.17. The summed E-state index contributed by atoms with van der Waals surface area (Å²) in [6.07, 6.45) is 0. The Morgan fingerprint density at radius 3 is 2.50 bits per heavy atom. The maximum atomic E-state index is 9.59. The van der Waals surface area contributed by atoms with Gasteiger partial charge in [-0.1, -0.05) is 0 Å². The van der Waals surface area contributed by atoms with Gasteiger partial charge in [0.05, 0.1) is 0 Å². The Balaban J connectivity index is 3.23. The van der Waals surface area contributed by atoms with Gasteiger partial charge in [0.15, 0.2) is 0 Å². The van der Waals surface area contributed by atoms with Gasteiger partial charge in [-0.25, -0.2) is 4.79 Å². The third kappa shape index (κ3) is 2.20. The van der Waals surface area contributed by atoms with E-state index in [1.54, 1.807) is 0 Å². The lowest BCUT2D eigenvalue weighted by Crippen LogP contribution is -1.82. The van der Waals surface area contributed by atoms with Crippen LogP contribution in [0.25, 0.3) is 0 Å². The van der Waals surface area contributed by atoms with E-state index in [-0.39, 0.29) is 7.36 Å². The molecule has 0 saturated carbocycles. The first-order valence-electron chi connectivity index (χ1n) is 0.997. The van der Waals surface area contributed by atoms with Crippen LogP contribution in [0.5, 0.6) is 0 Å². The summed E-state index contributed by atoms with van der Waals surface area (Å²) >= 11 is 4.11. The summed E-state index contributed by atoms with van der Waals surface area (Å²) in [5, 5.41) is 7.41. The van der Waals surface area contributed by atoms with E-state index in [4.69, 9.17) is 5.26 Å². The summed E-state index contributed by atoms with van der Waals surface area (Å²) in [5.41, 5.74) is -0.815. The highest BCUT2D eigenvalue weighted by atomic mass is 32.4. The van der Waals surface area contributed by atoms with E-state index in [2.05, 4.69) is 16.7 Å². The Morgan fingerprint density at radius 1 is 2.00 bits per heavy atom. The first kappa shape index (κ1) is 5.95. The molecule has 34 valence electrons. The van der Waals surface area contributed by atoms with Gasteiger partial charge in [-0.3, -0.25) is 4.89 Å². The third-order valence-corrected chi connectivity index (χ3v) is 0.831. The van der Waals surface area contributed by atoms with Crippen molar-refractivity contribution in [3.05, 3.63) is 0 Å². The first-order valence-corrected chi connectivity index (χ1v) is 2.90. The lowest BCUT2D eigenvalue weighted by atomic mass is 11.6. The average molecular weight is 124 g/mol. The number of rotatable bonds is 1. The zero-order valence-electron chi connectivity index (χ0n) is 2.62. The van der Waals surface area contributed by atoms with Crippen molar-refractivity contribution in [1.82, 2.24) is 0 Å². The van der Waals surface area contributed by atoms with E-state index in [0.29, 0.717) is 0 Å². The van der Waals surface area contributed by atoms with E-state index in [9.17, 15) is 4.79 Å². The van der Waals surface area contributed by atoms with Gasteiger partial charge in [-0.15, -0.1) is 0 Å². The van der Waals surface area contributed by atoms with Gasteiger partial charge < -0.3 is 0 Å². The Bertz CT molecular complexity index is 71.2. The summed E-state index contributed by atoms with van der Waals surface area (Å²) in [4.78, 5) is 12.7. The molecule has 0 spiro atoms. The molecule has 0 rings (SSSR count). The number of hydrogen-bond donors (Lipinski definition) is 1. The molecular weight excluding hydrogens is 123 g/mol. The van der Waals surface area contributed by atoms with Gasteiger partial charge in [0.25, 0.3) is 0 Å². The Kier molecular flexibility index (Phi) is 3.13. The molecule has 0 aromatic carbocycles. The minimum Gasteiger partial charge on any atom is -0.290 e. The molecule has 0 atom stereocenters. The van der Waals surface area contributed by atoms with Crippen molar-refractivity contribution in [2.24, 2.45) is 0 Å². The lowest BCUT2D eigenvalue weighted by molar-refractivity contribution is -0.166. The maximum Gasteiger partial charge on any atom is 0.400 e. The second-order valence-electron chi connectivity index (χ2n) is 0.448. The highest BCUT2D eigenvalue weighted by Gasteiger charge is 1.89. The first-order chi connectivity index (χ1) is 2.81. The monoisotopic (exact) mass is 124 g/mol. The van der Waals surface area contributed by atoms with Crippen molar-refractivity contribution in [3.8, 4) is 0 Å². The van der Waals surface area contributed by atoms with Crippen molar-refractivity contribution in [2.45, 2.75) is 0 Å². The Morgan fingerprint density at radius 2 is 2.50 bits per heavy atom. The van der Waals surface area contributed by atoms with Gasteiger partial charge >= 0.3 is 5.71 Å². The smallest absolute Gasteiger partial charge is 0.290 e. The summed E-state index contributed by atoms with van der Waals surface area (Å²) in [6, 6.07) is 0. The van der Waals surface area contributed by atoms with Crippen LogP contribution in [0.4, 0.5) is 4.79 Å². The fourth-order valence-electron chi connectivity index (χ4n) is 0.0167. The van der Waals surface area contributed by atoms with Crippen LogP contribution in [0.3, 0.4) is 0 Å². The zero-order chi connectivity index (χ0) is 4.99. The molecule has 0 aliphatic heterocycles. The molecule has 0 bridgehead atoms. The summed E-state index contributed by atoms with van der Waals surface area (Å²) in [6.45, 7) is 0. The zero-order valence-corrected chi connectivity index (χ0v) is 4.33. The van der Waals surface area contributed by atoms with Gasteiger partial charge in [0, 0.05) is 0 Å². The molecule has 0 aromatic rings. The molecule has 0 heterocycles. The molecule has 0 aliphatic rings. The van der Waals surface area contributed by atoms with Crippen LogP contribution in [-0.2, 0) is 16.7 Å². The summed E-state index contributed by atoms with van der Waals surface area (Å²) in [5.74, 6) is 0. The summed E-state index contributed by atoms with van der Waals surface area (Å²) < 4.78 is 0. The molecule has 0 aromatic heterocycles. The minimum atomic E-state index is -0.815. The minimum absolute atomic E-state index is 0.000386. The molecule has 5 heteroatoms. The fourth-order valence-corrected chi connectivity index (χ4v) is 0.150. The number of carbonyl (C=O) groups excluding carboxylic acids is 1. The fraction of sp³-hybridized carbons (Fsp3) is 0. The van der Waals surface area contributed by atoms with Crippen LogP contribution in [0.1, 0.15) is 0 Å². The van der Waals surface area contributed by atoms with Gasteiger partial charge in [-0.2, -0.15) is 5.26 Å². The van der Waals surface area contributed by atoms with Crippen molar-refractivity contribution >= 4 is 24.9 Å². The molecule has 0 unspecified atom stereocenters. The second-order valence-corrected chi connectivity index (χ2v) is 1.54. The average Bonchev–Trinajstić information content (AvgIpc) is 1.65. The van der Waals surface area contributed by atoms with Crippen molar-refractivity contribution in [1.29, 1.82) is 0 Å². The Labute approximate surface area is 40.7 Å². The van der Waals surface area contributed by atoms with Crippen molar-refractivity contribution < 1.29 is 14.9 Å². The molecule has 0 fully saturated rings. The van der Waals surface area contributed by atoms with E-state index < -0.39 is 5.71 Å². The molecular formula is CHO3PS. The van der Waals surface area contributed by atoms with Gasteiger partial charge in [0.2, 0.25) is 0 Å². The van der Waals surface area contributed by atoms with Crippen LogP contribution in [0.15, 0.2) is 0 Å². The van der Waals surface area contributed by atoms with Crippen molar-refractivity contribution in [2.75, 3.05) is 0 Å². The van der Waals surface area contributed by atoms with Gasteiger partial charge in [0.1, 0.15) is 7.36 Å². The van der Waals surface area contributed by atoms with Crippen LogP contribution < -0.4 is 0 Å². The van der Waals surface area contributed by atoms with E-state index >= 15 is 0 Å². The van der Waals surface area contributed by atoms with E-state index in [0.717, 1.165) is 0 Å².